The number of ether oxygens (including phenoxy) is 2. The highest BCUT2D eigenvalue weighted by Crippen LogP contribution is 2.45. The Bertz CT molecular complexity index is 925. The van der Waals surface area contributed by atoms with Gasteiger partial charge in [-0.15, -0.1) is 0 Å². The van der Waals surface area contributed by atoms with Crippen LogP contribution in [0.2, 0.25) is 0 Å². The zero-order chi connectivity index (χ0) is 22.9. The molecule has 2 aromatic carbocycles. The van der Waals surface area contributed by atoms with Crippen LogP contribution in [0.15, 0.2) is 42.5 Å². The van der Waals surface area contributed by atoms with E-state index in [1.54, 1.807) is 14.2 Å². The number of hydrogen-bond acceptors (Lipinski definition) is 4. The van der Waals surface area contributed by atoms with Crippen LogP contribution in [-0.4, -0.2) is 42.4 Å². The summed E-state index contributed by atoms with van der Waals surface area (Å²) in [6.07, 6.45) is 4.94. The highest BCUT2D eigenvalue weighted by atomic mass is 16.5. The molecular formula is C28H39NO3. The topological polar surface area (TPSA) is 41.9 Å². The molecule has 0 unspecified atom stereocenters. The molecular weight excluding hydrogens is 398 g/mol. The van der Waals surface area contributed by atoms with Gasteiger partial charge >= 0.3 is 0 Å². The second-order valence-corrected chi connectivity index (χ2v) is 10.3. The van der Waals surface area contributed by atoms with Crippen LogP contribution in [0, 0.1) is 11.8 Å². The van der Waals surface area contributed by atoms with E-state index in [0.29, 0.717) is 5.92 Å². The summed E-state index contributed by atoms with van der Waals surface area (Å²) in [4.78, 5) is 2.68. The lowest BCUT2D eigenvalue weighted by Crippen LogP contribution is -2.57. The van der Waals surface area contributed by atoms with Gasteiger partial charge in [0, 0.05) is 24.0 Å². The van der Waals surface area contributed by atoms with Crippen LogP contribution in [0.5, 0.6) is 11.5 Å². The highest BCUT2D eigenvalue weighted by molar-refractivity contribution is 5.44. The molecule has 4 atom stereocenters. The average molecular weight is 438 g/mol. The van der Waals surface area contributed by atoms with Crippen LogP contribution in [0.1, 0.15) is 62.8 Å². The number of fused-ring (bicyclic) bond motifs is 1. The van der Waals surface area contributed by atoms with E-state index in [2.05, 4.69) is 62.1 Å². The lowest BCUT2D eigenvalue weighted by atomic mass is 9.69. The van der Waals surface area contributed by atoms with Crippen molar-refractivity contribution < 1.29 is 14.6 Å². The smallest absolute Gasteiger partial charge is 0.160 e. The van der Waals surface area contributed by atoms with Gasteiger partial charge in [0.2, 0.25) is 0 Å². The van der Waals surface area contributed by atoms with Gasteiger partial charge in [-0.1, -0.05) is 43.7 Å². The van der Waals surface area contributed by atoms with Crippen molar-refractivity contribution in [2.24, 2.45) is 11.8 Å². The molecule has 0 amide bonds. The maximum atomic E-state index is 11.0. The summed E-state index contributed by atoms with van der Waals surface area (Å²) in [5.41, 5.74) is 4.01. The van der Waals surface area contributed by atoms with Crippen LogP contribution >= 0.6 is 0 Å². The SMILES string of the molecule is COc1ccc(C[C@@H]2c3ccccc3CCN2C(C)(C)[C@H]2CC[C@H](C)C[C@@H]2O)cc1OC. The summed E-state index contributed by atoms with van der Waals surface area (Å²) in [5, 5.41) is 11.0. The minimum atomic E-state index is -0.229. The molecule has 1 N–H and O–H groups in total. The monoisotopic (exact) mass is 437 g/mol. The van der Waals surface area contributed by atoms with Gasteiger partial charge in [0.1, 0.15) is 0 Å². The predicted molar refractivity (Wildman–Crippen MR) is 129 cm³/mol. The normalized spacial score (nSPS) is 26.4. The highest BCUT2D eigenvalue weighted by Gasteiger charge is 2.45. The Hall–Kier alpha value is -2.04. The van der Waals surface area contributed by atoms with Crippen molar-refractivity contribution in [3.63, 3.8) is 0 Å². The zero-order valence-electron chi connectivity index (χ0n) is 20.3. The molecule has 2 aliphatic rings. The van der Waals surface area contributed by atoms with Crippen molar-refractivity contribution >= 4 is 0 Å². The van der Waals surface area contributed by atoms with Gasteiger partial charge in [-0.05, 0) is 74.3 Å². The average Bonchev–Trinajstić information content (AvgIpc) is 2.78. The molecule has 32 heavy (non-hydrogen) atoms. The Morgan fingerprint density at radius 3 is 2.50 bits per heavy atom. The van der Waals surface area contributed by atoms with Gasteiger partial charge in [-0.3, -0.25) is 4.90 Å². The van der Waals surface area contributed by atoms with E-state index < -0.39 is 0 Å². The first-order valence-electron chi connectivity index (χ1n) is 12.1. The van der Waals surface area contributed by atoms with Gasteiger partial charge in [0.05, 0.1) is 20.3 Å². The van der Waals surface area contributed by atoms with Gasteiger partial charge < -0.3 is 14.6 Å². The van der Waals surface area contributed by atoms with Crippen LogP contribution in [0.3, 0.4) is 0 Å². The first-order valence-corrected chi connectivity index (χ1v) is 12.1. The summed E-state index contributed by atoms with van der Waals surface area (Å²) in [6.45, 7) is 7.99. The number of rotatable bonds is 6. The van der Waals surface area contributed by atoms with Crippen LogP contribution in [-0.2, 0) is 12.8 Å². The Labute approximate surface area is 193 Å². The first kappa shape index (κ1) is 23.1. The Morgan fingerprint density at radius 2 is 1.78 bits per heavy atom. The molecule has 0 bridgehead atoms. The van der Waals surface area contributed by atoms with Gasteiger partial charge in [-0.25, -0.2) is 0 Å². The van der Waals surface area contributed by atoms with Gasteiger partial charge in [0.25, 0.3) is 0 Å². The van der Waals surface area contributed by atoms with Crippen LogP contribution in [0.25, 0.3) is 0 Å². The fraction of sp³-hybridized carbons (Fsp3) is 0.571. The minimum absolute atomic E-state index is 0.0890. The molecule has 1 saturated carbocycles. The van der Waals surface area contributed by atoms with Crippen molar-refractivity contribution in [2.75, 3.05) is 20.8 Å². The molecule has 2 aromatic rings. The number of aliphatic hydroxyl groups excluding tert-OH is 1. The summed E-state index contributed by atoms with van der Waals surface area (Å²) in [7, 11) is 3.37. The van der Waals surface area contributed by atoms with E-state index >= 15 is 0 Å². The number of hydrogen-bond donors (Lipinski definition) is 1. The molecule has 1 aliphatic heterocycles. The third-order valence-electron chi connectivity index (χ3n) is 8.02. The van der Waals surface area contributed by atoms with Crippen LogP contribution in [0.4, 0.5) is 0 Å². The largest absolute Gasteiger partial charge is 0.493 e. The Kier molecular flexibility index (Phi) is 6.83. The van der Waals surface area contributed by atoms with Crippen molar-refractivity contribution in [1.82, 2.24) is 4.90 Å². The van der Waals surface area contributed by atoms with Crippen molar-refractivity contribution in [3.8, 4) is 11.5 Å². The Morgan fingerprint density at radius 1 is 1.03 bits per heavy atom. The maximum absolute atomic E-state index is 11.0. The number of methoxy groups -OCH3 is 2. The molecule has 1 fully saturated rings. The Balaban J connectivity index is 1.69. The quantitative estimate of drug-likeness (QED) is 0.655. The predicted octanol–water partition coefficient (Wildman–Crippen LogP) is 5.42. The number of aliphatic hydroxyl groups is 1. The minimum Gasteiger partial charge on any atom is -0.493 e. The third-order valence-corrected chi connectivity index (χ3v) is 8.02. The molecule has 4 heteroatoms. The molecule has 0 radical (unpaired) electrons. The second kappa shape index (κ2) is 9.44. The zero-order valence-corrected chi connectivity index (χ0v) is 20.3. The van der Waals surface area contributed by atoms with E-state index in [1.165, 1.54) is 23.1 Å². The lowest BCUT2D eigenvalue weighted by Gasteiger charge is -2.53. The first-order chi connectivity index (χ1) is 15.3. The van der Waals surface area contributed by atoms with E-state index in [0.717, 1.165) is 43.7 Å². The summed E-state index contributed by atoms with van der Waals surface area (Å²) >= 11 is 0. The lowest BCUT2D eigenvalue weighted by molar-refractivity contribution is -0.0635. The standard InChI is InChI=1S/C28H39NO3/c1-19-10-12-23(25(30)16-19)28(2,3)29-15-14-21-8-6-7-9-22(21)24(29)17-20-11-13-26(31-4)27(18-20)32-5/h6-9,11,13,18-19,23-25,30H,10,12,14-17H2,1-5H3/t19-,23-,24+,25-/m0/s1. The number of benzene rings is 2. The molecule has 4 rings (SSSR count). The van der Waals surface area contributed by atoms with Crippen molar-refractivity contribution in [3.05, 3.63) is 59.2 Å². The molecule has 0 aromatic heterocycles. The third kappa shape index (κ3) is 4.40. The van der Waals surface area contributed by atoms with Gasteiger partial charge in [0.15, 0.2) is 11.5 Å². The molecule has 174 valence electrons. The van der Waals surface area contributed by atoms with E-state index in [9.17, 15) is 5.11 Å². The maximum Gasteiger partial charge on any atom is 0.160 e. The molecule has 4 nitrogen and oxygen atoms in total. The van der Waals surface area contributed by atoms with Crippen LogP contribution < -0.4 is 9.47 Å². The number of nitrogens with zero attached hydrogens (tertiary/aromatic N) is 1. The molecule has 0 spiro atoms. The fourth-order valence-electron chi connectivity index (χ4n) is 6.18. The summed E-state index contributed by atoms with van der Waals surface area (Å²) in [5.74, 6) is 2.44. The molecule has 1 heterocycles. The van der Waals surface area contributed by atoms with E-state index in [4.69, 9.17) is 9.47 Å². The second-order valence-electron chi connectivity index (χ2n) is 10.3. The molecule has 1 aliphatic carbocycles. The van der Waals surface area contributed by atoms with Gasteiger partial charge in [-0.2, -0.15) is 0 Å². The fourth-order valence-corrected chi connectivity index (χ4v) is 6.18. The van der Waals surface area contributed by atoms with E-state index in [-0.39, 0.29) is 23.6 Å². The van der Waals surface area contributed by atoms with E-state index in [1.807, 2.05) is 6.07 Å². The van der Waals surface area contributed by atoms with Crippen molar-refractivity contribution in [1.29, 1.82) is 0 Å². The summed E-state index contributed by atoms with van der Waals surface area (Å²) in [6, 6.07) is 15.4. The molecule has 0 saturated heterocycles. The summed E-state index contributed by atoms with van der Waals surface area (Å²) < 4.78 is 11.0. The van der Waals surface area contributed by atoms with Crippen molar-refractivity contribution in [2.45, 2.75) is 70.6 Å².